The molecule has 0 aromatic carbocycles. The third kappa shape index (κ3) is 3.72. The first-order valence-electron chi connectivity index (χ1n) is 8.49. The normalized spacial score (nSPS) is 17.8. The molecular formula is C17H23N5O3. The van der Waals surface area contributed by atoms with Crippen LogP contribution in [0, 0.1) is 0 Å². The highest BCUT2D eigenvalue weighted by atomic mass is 16.5. The zero-order chi connectivity index (χ0) is 18.0. The van der Waals surface area contributed by atoms with Gasteiger partial charge in [0.05, 0.1) is 0 Å². The van der Waals surface area contributed by atoms with Gasteiger partial charge in [-0.05, 0) is 12.8 Å². The summed E-state index contributed by atoms with van der Waals surface area (Å²) in [5.41, 5.74) is 0.155. The SMILES string of the molecule is CC(C)c1cc(C(=O)N[C@H]2CCCN(c3nccn(C)c3=O)C2)no1. The van der Waals surface area contributed by atoms with Crippen molar-refractivity contribution >= 4 is 11.7 Å². The van der Waals surface area contributed by atoms with Gasteiger partial charge in [-0.2, -0.15) is 0 Å². The van der Waals surface area contributed by atoms with Gasteiger partial charge < -0.3 is 19.3 Å². The van der Waals surface area contributed by atoms with Crippen molar-refractivity contribution in [3.05, 3.63) is 40.3 Å². The topological polar surface area (TPSA) is 93.3 Å². The molecule has 1 aliphatic rings. The van der Waals surface area contributed by atoms with Crippen molar-refractivity contribution in [2.24, 2.45) is 7.05 Å². The summed E-state index contributed by atoms with van der Waals surface area (Å²) in [7, 11) is 1.70. The maximum Gasteiger partial charge on any atom is 0.293 e. The van der Waals surface area contributed by atoms with E-state index in [1.165, 1.54) is 4.57 Å². The average Bonchev–Trinajstić information content (AvgIpc) is 3.08. The lowest BCUT2D eigenvalue weighted by molar-refractivity contribution is 0.0923. The molecular weight excluding hydrogens is 322 g/mol. The lowest BCUT2D eigenvalue weighted by Gasteiger charge is -2.33. The van der Waals surface area contributed by atoms with E-state index in [1.54, 1.807) is 25.5 Å². The molecule has 1 N–H and O–H groups in total. The fraction of sp³-hybridized carbons (Fsp3) is 0.529. The van der Waals surface area contributed by atoms with Crippen molar-refractivity contribution in [1.82, 2.24) is 20.0 Å². The van der Waals surface area contributed by atoms with Crippen molar-refractivity contribution in [2.75, 3.05) is 18.0 Å². The first-order chi connectivity index (χ1) is 12.0. The van der Waals surface area contributed by atoms with Crippen LogP contribution in [0.3, 0.4) is 0 Å². The summed E-state index contributed by atoms with van der Waals surface area (Å²) in [4.78, 5) is 30.8. The van der Waals surface area contributed by atoms with Gasteiger partial charge in [-0.1, -0.05) is 19.0 Å². The Hall–Kier alpha value is -2.64. The highest BCUT2D eigenvalue weighted by Crippen LogP contribution is 2.17. The minimum absolute atomic E-state index is 0.0628. The molecule has 8 nitrogen and oxygen atoms in total. The number of piperidine rings is 1. The number of hydrogen-bond donors (Lipinski definition) is 1. The Morgan fingerprint density at radius 1 is 1.44 bits per heavy atom. The van der Waals surface area contributed by atoms with Crippen molar-refractivity contribution < 1.29 is 9.32 Å². The molecule has 3 rings (SSSR count). The van der Waals surface area contributed by atoms with Crippen LogP contribution in [0.15, 0.2) is 27.8 Å². The van der Waals surface area contributed by atoms with Gasteiger partial charge in [-0.3, -0.25) is 9.59 Å². The van der Waals surface area contributed by atoms with Gasteiger partial charge in [0.2, 0.25) is 0 Å². The molecule has 0 unspecified atom stereocenters. The largest absolute Gasteiger partial charge is 0.360 e. The monoisotopic (exact) mass is 345 g/mol. The van der Waals surface area contributed by atoms with Gasteiger partial charge in [0.15, 0.2) is 11.5 Å². The predicted octanol–water partition coefficient (Wildman–Crippen LogP) is 1.29. The van der Waals surface area contributed by atoms with E-state index in [9.17, 15) is 9.59 Å². The van der Waals surface area contributed by atoms with Crippen LogP contribution in [0.4, 0.5) is 5.82 Å². The molecule has 1 saturated heterocycles. The van der Waals surface area contributed by atoms with Crippen molar-refractivity contribution in [2.45, 2.75) is 38.6 Å². The average molecular weight is 345 g/mol. The van der Waals surface area contributed by atoms with Crippen LogP contribution < -0.4 is 15.8 Å². The molecule has 1 fully saturated rings. The molecule has 0 spiro atoms. The summed E-state index contributed by atoms with van der Waals surface area (Å²) in [5, 5.41) is 6.82. The second-order valence-corrected chi connectivity index (χ2v) is 6.69. The standard InChI is InChI=1S/C17H23N5O3/c1-11(2)14-9-13(20-25-14)16(23)19-12-5-4-7-22(10-12)15-17(24)21(3)8-6-18-15/h6,8-9,11-12H,4-5,7,10H2,1-3H3,(H,19,23)/t12-/m0/s1. The van der Waals surface area contributed by atoms with Crippen LogP contribution in [-0.4, -0.2) is 39.7 Å². The number of nitrogens with zero attached hydrogens (tertiary/aromatic N) is 4. The molecule has 2 aromatic rings. The lowest BCUT2D eigenvalue weighted by atomic mass is 10.1. The fourth-order valence-corrected chi connectivity index (χ4v) is 2.92. The Morgan fingerprint density at radius 3 is 2.96 bits per heavy atom. The predicted molar refractivity (Wildman–Crippen MR) is 92.8 cm³/mol. The van der Waals surface area contributed by atoms with Crippen LogP contribution in [0.1, 0.15) is 48.9 Å². The van der Waals surface area contributed by atoms with Crippen LogP contribution in [0.2, 0.25) is 0 Å². The minimum atomic E-state index is -0.253. The zero-order valence-electron chi connectivity index (χ0n) is 14.7. The Morgan fingerprint density at radius 2 is 2.24 bits per heavy atom. The van der Waals surface area contributed by atoms with E-state index in [1.807, 2.05) is 18.7 Å². The summed E-state index contributed by atoms with van der Waals surface area (Å²) in [6.45, 7) is 5.26. The number of carbonyl (C=O) groups excluding carboxylic acids is 1. The van der Waals surface area contributed by atoms with E-state index in [2.05, 4.69) is 15.5 Å². The smallest absolute Gasteiger partial charge is 0.293 e. The maximum atomic E-state index is 12.4. The second-order valence-electron chi connectivity index (χ2n) is 6.69. The van der Waals surface area contributed by atoms with Gasteiger partial charge in [-0.15, -0.1) is 0 Å². The molecule has 0 saturated carbocycles. The third-order valence-corrected chi connectivity index (χ3v) is 4.38. The van der Waals surface area contributed by atoms with Crippen LogP contribution >= 0.6 is 0 Å². The van der Waals surface area contributed by atoms with Crippen molar-refractivity contribution in [3.8, 4) is 0 Å². The summed E-state index contributed by atoms with van der Waals surface area (Å²) in [6, 6.07) is 1.61. The third-order valence-electron chi connectivity index (χ3n) is 4.38. The summed E-state index contributed by atoms with van der Waals surface area (Å²) < 4.78 is 6.69. The van der Waals surface area contributed by atoms with E-state index in [4.69, 9.17) is 4.52 Å². The molecule has 25 heavy (non-hydrogen) atoms. The number of aryl methyl sites for hydroxylation is 1. The van der Waals surface area contributed by atoms with Gasteiger partial charge >= 0.3 is 0 Å². The molecule has 1 aliphatic heterocycles. The van der Waals surface area contributed by atoms with Crippen LogP contribution in [0.25, 0.3) is 0 Å². The molecule has 8 heteroatoms. The van der Waals surface area contributed by atoms with E-state index in [-0.39, 0.29) is 29.1 Å². The van der Waals surface area contributed by atoms with E-state index in [0.717, 1.165) is 19.4 Å². The Balaban J connectivity index is 1.68. The van der Waals surface area contributed by atoms with Crippen molar-refractivity contribution in [3.63, 3.8) is 0 Å². The number of nitrogens with one attached hydrogen (secondary N) is 1. The second kappa shape index (κ2) is 7.08. The molecule has 0 radical (unpaired) electrons. The minimum Gasteiger partial charge on any atom is -0.360 e. The van der Waals surface area contributed by atoms with Crippen LogP contribution in [-0.2, 0) is 7.05 Å². The summed E-state index contributed by atoms with van der Waals surface area (Å²) in [6.07, 6.45) is 4.97. The quantitative estimate of drug-likeness (QED) is 0.897. The molecule has 0 bridgehead atoms. The summed E-state index contributed by atoms with van der Waals surface area (Å²) in [5.74, 6) is 1.04. The molecule has 1 atom stereocenters. The fourth-order valence-electron chi connectivity index (χ4n) is 2.92. The van der Waals surface area contributed by atoms with Gasteiger partial charge in [0.25, 0.3) is 11.5 Å². The highest BCUT2D eigenvalue weighted by molar-refractivity contribution is 5.92. The molecule has 0 aliphatic carbocycles. The first kappa shape index (κ1) is 17.2. The molecule has 1 amide bonds. The van der Waals surface area contributed by atoms with Gasteiger partial charge in [0.1, 0.15) is 5.76 Å². The number of amides is 1. The number of aromatic nitrogens is 3. The van der Waals surface area contributed by atoms with Crippen molar-refractivity contribution in [1.29, 1.82) is 0 Å². The zero-order valence-corrected chi connectivity index (χ0v) is 14.7. The maximum absolute atomic E-state index is 12.4. The highest BCUT2D eigenvalue weighted by Gasteiger charge is 2.25. The Labute approximate surface area is 145 Å². The first-order valence-corrected chi connectivity index (χ1v) is 8.49. The summed E-state index contributed by atoms with van der Waals surface area (Å²) >= 11 is 0. The Kier molecular flexibility index (Phi) is 4.87. The Bertz CT molecular complexity index is 811. The van der Waals surface area contributed by atoms with E-state index in [0.29, 0.717) is 18.1 Å². The van der Waals surface area contributed by atoms with Gasteiger partial charge in [-0.25, -0.2) is 4.98 Å². The molecule has 2 aromatic heterocycles. The number of carbonyl (C=O) groups is 1. The van der Waals surface area contributed by atoms with E-state index < -0.39 is 0 Å². The lowest BCUT2D eigenvalue weighted by Crippen LogP contribution is -2.49. The van der Waals surface area contributed by atoms with E-state index >= 15 is 0 Å². The molecule has 3 heterocycles. The van der Waals surface area contributed by atoms with Gasteiger partial charge in [0, 0.05) is 50.6 Å². The molecule has 134 valence electrons. The van der Waals surface area contributed by atoms with Crippen LogP contribution in [0.5, 0.6) is 0 Å². The number of anilines is 1. The number of hydrogen-bond acceptors (Lipinski definition) is 6. The number of rotatable bonds is 4.